The maximum absolute atomic E-state index is 13.4. The lowest BCUT2D eigenvalue weighted by Gasteiger charge is -2.10. The third-order valence-corrected chi connectivity index (χ3v) is 3.25. The fraction of sp³-hybridized carbons (Fsp3) is 0.143. The molecule has 1 aromatic carbocycles. The molecule has 0 aliphatic heterocycles. The van der Waals surface area contributed by atoms with E-state index in [0.717, 1.165) is 4.88 Å². The molecule has 4 nitrogen and oxygen atoms in total. The third kappa shape index (κ3) is 3.89. The number of nitrogens with zero attached hydrogens (tertiary/aromatic N) is 1. The lowest BCUT2D eigenvalue weighted by Crippen LogP contribution is -2.26. The van der Waals surface area contributed by atoms with E-state index in [9.17, 15) is 9.18 Å². The number of amides is 1. The molecule has 0 bridgehead atoms. The zero-order valence-electron chi connectivity index (χ0n) is 10.7. The first kappa shape index (κ1) is 14.2. The van der Waals surface area contributed by atoms with Crippen LogP contribution in [0.3, 0.4) is 0 Å². The number of para-hydroxylation sites is 1. The maximum Gasteiger partial charge on any atom is 0.268 e. The van der Waals surface area contributed by atoms with Crippen LogP contribution in [-0.4, -0.2) is 18.2 Å². The molecule has 1 amide bonds. The van der Waals surface area contributed by atoms with Crippen LogP contribution in [0.2, 0.25) is 0 Å². The Morgan fingerprint density at radius 3 is 2.90 bits per heavy atom. The lowest BCUT2D eigenvalue weighted by molar-refractivity contribution is -0.126. The van der Waals surface area contributed by atoms with Gasteiger partial charge < -0.3 is 10.2 Å². The number of rotatable bonds is 5. The number of hydrogen-bond acceptors (Lipinski definition) is 4. The molecule has 0 aliphatic carbocycles. The van der Waals surface area contributed by atoms with Crippen molar-refractivity contribution in [1.29, 1.82) is 0 Å². The lowest BCUT2D eigenvalue weighted by atomic mass is 10.3. The summed E-state index contributed by atoms with van der Waals surface area (Å²) in [6.45, 7) is 1.54. The highest BCUT2D eigenvalue weighted by molar-refractivity contribution is 7.11. The second-order valence-corrected chi connectivity index (χ2v) is 4.95. The molecule has 104 valence electrons. The van der Waals surface area contributed by atoms with Gasteiger partial charge in [-0.3, -0.25) is 4.79 Å². The minimum absolute atomic E-state index is 0.121. The number of anilines is 1. The number of oxime groups is 1. The first-order chi connectivity index (χ1) is 9.66. The Hall–Kier alpha value is -2.21. The number of hydrogen-bond donors (Lipinski definition) is 1. The molecule has 1 aromatic heterocycles. The minimum atomic E-state index is -0.814. The molecule has 0 radical (unpaired) electrons. The highest BCUT2D eigenvalue weighted by atomic mass is 32.1. The molecule has 0 aliphatic rings. The first-order valence-corrected chi connectivity index (χ1v) is 6.83. The largest absolute Gasteiger partial charge is 0.383 e. The number of nitrogens with one attached hydrogen (secondary N) is 1. The number of benzene rings is 1. The van der Waals surface area contributed by atoms with Gasteiger partial charge in [0, 0.05) is 4.88 Å². The molecule has 1 heterocycles. The Labute approximate surface area is 119 Å². The summed E-state index contributed by atoms with van der Waals surface area (Å²) in [4.78, 5) is 17.7. The average molecular weight is 292 g/mol. The molecule has 1 N–H and O–H groups in total. The van der Waals surface area contributed by atoms with Gasteiger partial charge in [0.1, 0.15) is 5.82 Å². The molecule has 0 fully saturated rings. The van der Waals surface area contributed by atoms with Gasteiger partial charge in [-0.2, -0.15) is 0 Å². The Kier molecular flexibility index (Phi) is 4.84. The van der Waals surface area contributed by atoms with Crippen LogP contribution in [0.15, 0.2) is 46.9 Å². The van der Waals surface area contributed by atoms with Gasteiger partial charge in [-0.05, 0) is 30.5 Å². The van der Waals surface area contributed by atoms with E-state index in [2.05, 4.69) is 10.5 Å². The molecule has 0 saturated carbocycles. The summed E-state index contributed by atoms with van der Waals surface area (Å²) in [6.07, 6.45) is 0.711. The van der Waals surface area contributed by atoms with Crippen molar-refractivity contribution in [2.75, 3.05) is 5.32 Å². The standard InChI is InChI=1S/C14H13FN2O2S/c1-10(19-16-9-11-5-4-8-20-11)14(18)17-13-7-3-2-6-12(13)15/h2-10H,1H3,(H,17,18)/b16-9+. The van der Waals surface area contributed by atoms with Crippen LogP contribution >= 0.6 is 11.3 Å². The zero-order chi connectivity index (χ0) is 14.4. The number of thiophene rings is 1. The molecule has 2 rings (SSSR count). The van der Waals surface area contributed by atoms with Crippen LogP contribution in [-0.2, 0) is 9.63 Å². The summed E-state index contributed by atoms with van der Waals surface area (Å²) in [6, 6.07) is 9.71. The summed E-state index contributed by atoms with van der Waals surface area (Å²) in [5, 5.41) is 8.09. The second kappa shape index (κ2) is 6.81. The van der Waals surface area contributed by atoms with Crippen LogP contribution in [0.1, 0.15) is 11.8 Å². The third-order valence-electron chi connectivity index (χ3n) is 2.44. The minimum Gasteiger partial charge on any atom is -0.383 e. The van der Waals surface area contributed by atoms with Crippen molar-refractivity contribution in [1.82, 2.24) is 0 Å². The first-order valence-electron chi connectivity index (χ1n) is 5.95. The summed E-state index contributed by atoms with van der Waals surface area (Å²) in [7, 11) is 0. The van der Waals surface area contributed by atoms with E-state index in [0.29, 0.717) is 0 Å². The van der Waals surface area contributed by atoms with Crippen molar-refractivity contribution in [3.8, 4) is 0 Å². The van der Waals surface area contributed by atoms with Crippen LogP contribution in [0.5, 0.6) is 0 Å². The van der Waals surface area contributed by atoms with Crippen molar-refractivity contribution in [2.45, 2.75) is 13.0 Å². The summed E-state index contributed by atoms with van der Waals surface area (Å²) < 4.78 is 13.4. The molecule has 1 atom stereocenters. The van der Waals surface area contributed by atoms with Gasteiger partial charge in [0.05, 0.1) is 11.9 Å². The summed E-state index contributed by atoms with van der Waals surface area (Å²) >= 11 is 1.51. The van der Waals surface area contributed by atoms with Crippen molar-refractivity contribution in [3.63, 3.8) is 0 Å². The molecular formula is C14H13FN2O2S. The predicted octanol–water partition coefficient (Wildman–Crippen LogP) is 3.26. The van der Waals surface area contributed by atoms with Crippen LogP contribution in [0.4, 0.5) is 10.1 Å². The Bertz CT molecular complexity index is 599. The Morgan fingerprint density at radius 1 is 1.40 bits per heavy atom. The SMILES string of the molecule is CC(O/N=C/c1cccs1)C(=O)Nc1ccccc1F. The van der Waals surface area contributed by atoms with Crippen molar-refractivity contribution in [2.24, 2.45) is 5.16 Å². The molecule has 0 saturated heterocycles. The van der Waals surface area contributed by atoms with E-state index in [1.807, 2.05) is 17.5 Å². The number of carbonyl (C=O) groups is 1. The quantitative estimate of drug-likeness (QED) is 0.679. The molecule has 20 heavy (non-hydrogen) atoms. The maximum atomic E-state index is 13.4. The van der Waals surface area contributed by atoms with Crippen molar-refractivity contribution >= 4 is 29.1 Å². The average Bonchev–Trinajstić information content (AvgIpc) is 2.94. The van der Waals surface area contributed by atoms with Crippen molar-refractivity contribution in [3.05, 3.63) is 52.5 Å². The molecular weight excluding hydrogens is 279 g/mol. The van der Waals surface area contributed by atoms with E-state index in [1.165, 1.54) is 29.7 Å². The summed E-state index contributed by atoms with van der Waals surface area (Å²) in [5.41, 5.74) is 0.121. The summed E-state index contributed by atoms with van der Waals surface area (Å²) in [5.74, 6) is -0.950. The highest BCUT2D eigenvalue weighted by Crippen LogP contribution is 2.13. The van der Waals surface area contributed by atoms with Crippen LogP contribution < -0.4 is 5.32 Å². The zero-order valence-corrected chi connectivity index (χ0v) is 11.6. The smallest absolute Gasteiger partial charge is 0.268 e. The van der Waals surface area contributed by atoms with E-state index in [1.54, 1.807) is 19.1 Å². The van der Waals surface area contributed by atoms with Gasteiger partial charge in [-0.15, -0.1) is 11.3 Å². The van der Waals surface area contributed by atoms with Crippen LogP contribution in [0.25, 0.3) is 0 Å². The Balaban J connectivity index is 1.88. The highest BCUT2D eigenvalue weighted by Gasteiger charge is 2.15. The molecule has 6 heteroatoms. The molecule has 0 spiro atoms. The fourth-order valence-electron chi connectivity index (χ4n) is 1.38. The normalized spacial score (nSPS) is 12.3. The molecule has 1 unspecified atom stereocenters. The van der Waals surface area contributed by atoms with E-state index >= 15 is 0 Å². The van der Waals surface area contributed by atoms with Crippen molar-refractivity contribution < 1.29 is 14.0 Å². The van der Waals surface area contributed by atoms with Gasteiger partial charge in [0.15, 0.2) is 0 Å². The van der Waals surface area contributed by atoms with E-state index in [4.69, 9.17) is 4.84 Å². The van der Waals surface area contributed by atoms with Crippen LogP contribution in [0, 0.1) is 5.82 Å². The van der Waals surface area contributed by atoms with Gasteiger partial charge in [0.2, 0.25) is 6.10 Å². The van der Waals surface area contributed by atoms with Gasteiger partial charge in [0.25, 0.3) is 5.91 Å². The number of halogens is 1. The Morgan fingerprint density at radius 2 is 2.20 bits per heavy atom. The molecule has 2 aromatic rings. The monoisotopic (exact) mass is 292 g/mol. The fourth-order valence-corrected chi connectivity index (χ4v) is 1.96. The predicted molar refractivity (Wildman–Crippen MR) is 77.5 cm³/mol. The van der Waals surface area contributed by atoms with Gasteiger partial charge in [-0.1, -0.05) is 23.4 Å². The number of carbonyl (C=O) groups excluding carboxylic acids is 1. The van der Waals surface area contributed by atoms with Gasteiger partial charge >= 0.3 is 0 Å². The van der Waals surface area contributed by atoms with Gasteiger partial charge in [-0.25, -0.2) is 4.39 Å². The van der Waals surface area contributed by atoms with E-state index < -0.39 is 17.8 Å². The topological polar surface area (TPSA) is 50.7 Å². The van der Waals surface area contributed by atoms with E-state index in [-0.39, 0.29) is 5.69 Å². The second-order valence-electron chi connectivity index (χ2n) is 3.97.